The van der Waals surface area contributed by atoms with Gasteiger partial charge in [0.05, 0.1) is 12.8 Å². The van der Waals surface area contributed by atoms with Crippen molar-refractivity contribution in [1.29, 1.82) is 0 Å². The highest BCUT2D eigenvalue weighted by Gasteiger charge is 2.11. The number of benzene rings is 1. The van der Waals surface area contributed by atoms with Crippen molar-refractivity contribution in [1.82, 2.24) is 4.98 Å². The van der Waals surface area contributed by atoms with E-state index in [9.17, 15) is 4.79 Å². The van der Waals surface area contributed by atoms with Gasteiger partial charge < -0.3 is 14.9 Å². The van der Waals surface area contributed by atoms with Crippen molar-refractivity contribution in [3.63, 3.8) is 0 Å². The van der Waals surface area contributed by atoms with Gasteiger partial charge in [-0.15, -0.1) is 0 Å². The Kier molecular flexibility index (Phi) is 3.54. The fraction of sp³-hybridized carbons (Fsp3) is 0.0769. The molecule has 0 amide bonds. The molecule has 0 atom stereocenters. The summed E-state index contributed by atoms with van der Waals surface area (Å²) in [7, 11) is 0. The normalized spacial score (nSPS) is 10.1. The van der Waals surface area contributed by atoms with Crippen molar-refractivity contribution in [3.8, 4) is 11.5 Å². The number of pyridine rings is 1. The maximum absolute atomic E-state index is 11.0. The number of nitrogens with zero attached hydrogens (tertiary/aromatic N) is 1. The molecular weight excluding hydrogens is 234 g/mol. The number of hydrogen-bond acceptors (Lipinski definition) is 4. The van der Waals surface area contributed by atoms with E-state index in [0.29, 0.717) is 11.3 Å². The van der Waals surface area contributed by atoms with Crippen molar-refractivity contribution in [2.75, 3.05) is 0 Å². The van der Waals surface area contributed by atoms with Crippen molar-refractivity contribution in [2.24, 2.45) is 0 Å². The van der Waals surface area contributed by atoms with E-state index in [2.05, 4.69) is 4.98 Å². The Morgan fingerprint density at radius 2 is 2.17 bits per heavy atom. The van der Waals surface area contributed by atoms with Crippen molar-refractivity contribution in [3.05, 3.63) is 53.9 Å². The molecular formula is C13H11NO4. The lowest BCUT2D eigenvalue weighted by Crippen LogP contribution is -2.00. The minimum absolute atomic E-state index is 0.0411. The average molecular weight is 245 g/mol. The van der Waals surface area contributed by atoms with E-state index in [4.69, 9.17) is 14.9 Å². The highest BCUT2D eigenvalue weighted by atomic mass is 16.5. The van der Waals surface area contributed by atoms with Crippen LogP contribution in [0.25, 0.3) is 0 Å². The zero-order chi connectivity index (χ0) is 13.0. The van der Waals surface area contributed by atoms with Crippen LogP contribution in [-0.4, -0.2) is 21.2 Å². The zero-order valence-electron chi connectivity index (χ0n) is 9.41. The third-order valence-electron chi connectivity index (χ3n) is 2.32. The van der Waals surface area contributed by atoms with Gasteiger partial charge in [0.1, 0.15) is 11.3 Å². The maximum Gasteiger partial charge on any atom is 0.339 e. The lowest BCUT2D eigenvalue weighted by molar-refractivity contribution is 0.0694. The summed E-state index contributed by atoms with van der Waals surface area (Å²) in [6.07, 6.45) is 2.73. The molecule has 0 aliphatic rings. The molecule has 92 valence electrons. The number of aliphatic hydroxyl groups is 1. The SMILES string of the molecule is O=C(O)c1ccncc1Oc1cccc(CO)c1. The Bertz CT molecular complexity index is 568. The van der Waals surface area contributed by atoms with Crippen LogP contribution in [0.3, 0.4) is 0 Å². The van der Waals surface area contributed by atoms with E-state index in [1.165, 1.54) is 18.5 Å². The van der Waals surface area contributed by atoms with Crippen molar-refractivity contribution >= 4 is 5.97 Å². The summed E-state index contributed by atoms with van der Waals surface area (Å²) in [6.45, 7) is -0.101. The number of ether oxygens (including phenoxy) is 1. The largest absolute Gasteiger partial charge is 0.478 e. The lowest BCUT2D eigenvalue weighted by atomic mass is 10.2. The molecule has 0 fully saturated rings. The molecule has 0 spiro atoms. The molecule has 2 aromatic rings. The van der Waals surface area contributed by atoms with Gasteiger partial charge in [-0.25, -0.2) is 4.79 Å². The molecule has 0 radical (unpaired) electrons. The number of rotatable bonds is 4. The quantitative estimate of drug-likeness (QED) is 0.861. The molecule has 1 heterocycles. The van der Waals surface area contributed by atoms with Crippen LogP contribution in [-0.2, 0) is 6.61 Å². The Balaban J connectivity index is 2.31. The Labute approximate surface area is 103 Å². The highest BCUT2D eigenvalue weighted by molar-refractivity contribution is 5.90. The van der Waals surface area contributed by atoms with Gasteiger partial charge in [0.2, 0.25) is 0 Å². The molecule has 0 saturated carbocycles. The summed E-state index contributed by atoms with van der Waals surface area (Å²) in [5, 5.41) is 18.0. The molecule has 0 saturated heterocycles. The number of aliphatic hydroxyl groups excluding tert-OH is 1. The number of carbonyl (C=O) groups is 1. The fourth-order valence-corrected chi connectivity index (χ4v) is 1.47. The highest BCUT2D eigenvalue weighted by Crippen LogP contribution is 2.25. The number of aromatic nitrogens is 1. The third-order valence-corrected chi connectivity index (χ3v) is 2.32. The minimum atomic E-state index is -1.08. The summed E-state index contributed by atoms with van der Waals surface area (Å²) >= 11 is 0. The van der Waals surface area contributed by atoms with Crippen LogP contribution in [0.1, 0.15) is 15.9 Å². The van der Waals surface area contributed by atoms with Gasteiger partial charge >= 0.3 is 5.97 Å². The topological polar surface area (TPSA) is 79.7 Å². The van der Waals surface area contributed by atoms with Crippen molar-refractivity contribution in [2.45, 2.75) is 6.61 Å². The number of hydrogen-bond donors (Lipinski definition) is 2. The van der Waals surface area contributed by atoms with E-state index in [1.54, 1.807) is 24.3 Å². The van der Waals surface area contributed by atoms with E-state index < -0.39 is 5.97 Å². The summed E-state index contributed by atoms with van der Waals surface area (Å²) in [5.74, 6) is -0.456. The Morgan fingerprint density at radius 3 is 2.89 bits per heavy atom. The van der Waals surface area contributed by atoms with Gasteiger partial charge in [-0.3, -0.25) is 4.98 Å². The van der Waals surface area contributed by atoms with Gasteiger partial charge in [-0.2, -0.15) is 0 Å². The van der Waals surface area contributed by atoms with Crippen LogP contribution in [0.4, 0.5) is 0 Å². The second kappa shape index (κ2) is 5.29. The fourth-order valence-electron chi connectivity index (χ4n) is 1.47. The molecule has 2 rings (SSSR count). The summed E-state index contributed by atoms with van der Waals surface area (Å²) < 4.78 is 5.46. The molecule has 1 aromatic heterocycles. The maximum atomic E-state index is 11.0. The zero-order valence-corrected chi connectivity index (χ0v) is 9.41. The number of carboxylic acid groups (broad SMARTS) is 1. The van der Waals surface area contributed by atoms with E-state index >= 15 is 0 Å². The van der Waals surface area contributed by atoms with Crippen LogP contribution in [0.2, 0.25) is 0 Å². The van der Waals surface area contributed by atoms with E-state index in [0.717, 1.165) is 0 Å². The first-order chi connectivity index (χ1) is 8.70. The molecule has 5 nitrogen and oxygen atoms in total. The predicted octanol–water partition coefficient (Wildman–Crippen LogP) is 2.06. The number of aromatic carboxylic acids is 1. The van der Waals surface area contributed by atoms with Crippen LogP contribution in [0.5, 0.6) is 11.5 Å². The van der Waals surface area contributed by atoms with E-state index in [1.807, 2.05) is 0 Å². The van der Waals surface area contributed by atoms with Crippen molar-refractivity contribution < 1.29 is 19.7 Å². The first kappa shape index (κ1) is 12.1. The number of carboxylic acids is 1. The first-order valence-corrected chi connectivity index (χ1v) is 5.25. The van der Waals surface area contributed by atoms with Gasteiger partial charge in [-0.05, 0) is 23.8 Å². The minimum Gasteiger partial charge on any atom is -0.478 e. The van der Waals surface area contributed by atoms with Crippen LogP contribution >= 0.6 is 0 Å². The average Bonchev–Trinajstić information content (AvgIpc) is 2.39. The molecule has 5 heteroatoms. The van der Waals surface area contributed by atoms with E-state index in [-0.39, 0.29) is 17.9 Å². The van der Waals surface area contributed by atoms with Crippen LogP contribution in [0.15, 0.2) is 42.7 Å². The molecule has 0 unspecified atom stereocenters. The smallest absolute Gasteiger partial charge is 0.339 e. The predicted molar refractivity (Wildman–Crippen MR) is 63.6 cm³/mol. The molecule has 0 aliphatic carbocycles. The molecule has 2 N–H and O–H groups in total. The molecule has 0 aliphatic heterocycles. The second-order valence-electron chi connectivity index (χ2n) is 3.58. The van der Waals surface area contributed by atoms with Crippen LogP contribution in [0, 0.1) is 0 Å². The monoisotopic (exact) mass is 245 g/mol. The van der Waals surface area contributed by atoms with Crippen LogP contribution < -0.4 is 4.74 Å². The van der Waals surface area contributed by atoms with Gasteiger partial charge in [-0.1, -0.05) is 12.1 Å². The Hall–Kier alpha value is -2.40. The standard InChI is InChI=1S/C13H11NO4/c15-8-9-2-1-3-10(6-9)18-12-7-14-5-4-11(12)13(16)17/h1-7,15H,8H2,(H,16,17). The third kappa shape index (κ3) is 2.64. The summed E-state index contributed by atoms with van der Waals surface area (Å²) in [6, 6.07) is 8.15. The Morgan fingerprint density at radius 1 is 1.33 bits per heavy atom. The molecule has 0 bridgehead atoms. The summed E-state index contributed by atoms with van der Waals surface area (Å²) in [4.78, 5) is 14.8. The lowest BCUT2D eigenvalue weighted by Gasteiger charge is -2.08. The molecule has 18 heavy (non-hydrogen) atoms. The van der Waals surface area contributed by atoms with Gasteiger partial charge in [0.15, 0.2) is 5.75 Å². The summed E-state index contributed by atoms with van der Waals surface area (Å²) in [5.41, 5.74) is 0.729. The molecule has 1 aromatic carbocycles. The first-order valence-electron chi connectivity index (χ1n) is 5.25. The second-order valence-corrected chi connectivity index (χ2v) is 3.58. The van der Waals surface area contributed by atoms with Gasteiger partial charge in [0.25, 0.3) is 0 Å². The van der Waals surface area contributed by atoms with Gasteiger partial charge in [0, 0.05) is 6.20 Å².